The number of carbonyl (C=O) groups is 1. The van der Waals surface area contributed by atoms with E-state index in [1.54, 1.807) is 0 Å². The van der Waals surface area contributed by atoms with Gasteiger partial charge >= 0.3 is 0 Å². The van der Waals surface area contributed by atoms with Gasteiger partial charge in [0.25, 0.3) is 0 Å². The topological polar surface area (TPSA) is 50.4 Å². The van der Waals surface area contributed by atoms with Gasteiger partial charge in [-0.05, 0) is 32.7 Å². The molecule has 0 aromatic rings. The minimum atomic E-state index is -0.171. The van der Waals surface area contributed by atoms with Gasteiger partial charge in [-0.25, -0.2) is 0 Å². The highest BCUT2D eigenvalue weighted by Crippen LogP contribution is 2.23. The molecule has 0 spiro atoms. The SMILES string of the molecule is CC1(CC2CCCN2)CNC(=O)CO1. The van der Waals surface area contributed by atoms with Crippen LogP contribution in [0.25, 0.3) is 0 Å². The molecule has 0 bridgehead atoms. The van der Waals surface area contributed by atoms with Crippen LogP contribution in [0, 0.1) is 0 Å². The zero-order valence-electron chi connectivity index (χ0n) is 8.64. The molecule has 4 nitrogen and oxygen atoms in total. The summed E-state index contributed by atoms with van der Waals surface area (Å²) in [5.74, 6) is 0.00172. The fourth-order valence-corrected chi connectivity index (χ4v) is 2.21. The Balaban J connectivity index is 1.85. The molecule has 2 rings (SSSR count). The highest BCUT2D eigenvalue weighted by molar-refractivity contribution is 5.77. The maximum absolute atomic E-state index is 10.9. The first kappa shape index (κ1) is 9.93. The van der Waals surface area contributed by atoms with Crippen molar-refractivity contribution in [3.05, 3.63) is 0 Å². The van der Waals surface area contributed by atoms with Gasteiger partial charge in [-0.3, -0.25) is 4.79 Å². The average molecular weight is 198 g/mol. The smallest absolute Gasteiger partial charge is 0.246 e. The quantitative estimate of drug-likeness (QED) is 0.658. The molecule has 0 aromatic carbocycles. The minimum absolute atomic E-state index is 0.00172. The van der Waals surface area contributed by atoms with Crippen molar-refractivity contribution in [3.63, 3.8) is 0 Å². The standard InChI is InChI=1S/C10H18N2O2/c1-10(5-8-3-2-4-11-8)7-12-9(13)6-14-10/h8,11H,2-7H2,1H3,(H,12,13). The summed E-state index contributed by atoms with van der Waals surface area (Å²) in [4.78, 5) is 10.9. The lowest BCUT2D eigenvalue weighted by atomic mass is 9.94. The first-order chi connectivity index (χ1) is 6.68. The van der Waals surface area contributed by atoms with Gasteiger partial charge in [-0.1, -0.05) is 0 Å². The Hall–Kier alpha value is -0.610. The summed E-state index contributed by atoms with van der Waals surface area (Å²) in [5.41, 5.74) is -0.171. The summed E-state index contributed by atoms with van der Waals surface area (Å²) in [6, 6.07) is 0.565. The molecular weight excluding hydrogens is 180 g/mol. The van der Waals surface area contributed by atoms with E-state index in [1.807, 2.05) is 0 Å². The highest BCUT2D eigenvalue weighted by atomic mass is 16.5. The zero-order valence-corrected chi connectivity index (χ0v) is 8.64. The largest absolute Gasteiger partial charge is 0.364 e. The predicted octanol–water partition coefficient (Wildman–Crippen LogP) is 0.0336. The van der Waals surface area contributed by atoms with E-state index < -0.39 is 0 Å². The van der Waals surface area contributed by atoms with E-state index >= 15 is 0 Å². The van der Waals surface area contributed by atoms with Crippen LogP contribution in [0.4, 0.5) is 0 Å². The van der Waals surface area contributed by atoms with Crippen molar-refractivity contribution in [1.82, 2.24) is 10.6 Å². The van der Waals surface area contributed by atoms with Crippen LogP contribution >= 0.6 is 0 Å². The van der Waals surface area contributed by atoms with Crippen molar-refractivity contribution >= 4 is 5.91 Å². The van der Waals surface area contributed by atoms with Crippen LogP contribution in [0.2, 0.25) is 0 Å². The summed E-state index contributed by atoms with van der Waals surface area (Å²) < 4.78 is 5.59. The Morgan fingerprint density at radius 2 is 2.50 bits per heavy atom. The molecule has 2 aliphatic rings. The normalized spacial score (nSPS) is 38.4. The van der Waals surface area contributed by atoms with Crippen LogP contribution in [0.3, 0.4) is 0 Å². The van der Waals surface area contributed by atoms with Gasteiger partial charge in [-0.2, -0.15) is 0 Å². The van der Waals surface area contributed by atoms with E-state index in [1.165, 1.54) is 12.8 Å². The number of carbonyl (C=O) groups excluding carboxylic acids is 1. The number of ether oxygens (including phenoxy) is 1. The third kappa shape index (κ3) is 2.25. The first-order valence-electron chi connectivity index (χ1n) is 5.32. The molecule has 2 saturated heterocycles. The van der Waals surface area contributed by atoms with Gasteiger partial charge in [-0.15, -0.1) is 0 Å². The monoisotopic (exact) mass is 198 g/mol. The number of morpholine rings is 1. The lowest BCUT2D eigenvalue weighted by Gasteiger charge is -2.35. The van der Waals surface area contributed by atoms with Gasteiger partial charge in [0.1, 0.15) is 6.61 Å². The van der Waals surface area contributed by atoms with Crippen LogP contribution in [-0.4, -0.2) is 37.2 Å². The van der Waals surface area contributed by atoms with Crippen molar-refractivity contribution in [2.24, 2.45) is 0 Å². The Bertz CT molecular complexity index is 214. The van der Waals surface area contributed by atoms with Gasteiger partial charge in [0.2, 0.25) is 5.91 Å². The van der Waals surface area contributed by atoms with Crippen LogP contribution in [0.1, 0.15) is 26.2 Å². The lowest BCUT2D eigenvalue weighted by molar-refractivity contribution is -0.143. The highest BCUT2D eigenvalue weighted by Gasteiger charge is 2.34. The van der Waals surface area contributed by atoms with Crippen molar-refractivity contribution in [2.75, 3.05) is 19.7 Å². The van der Waals surface area contributed by atoms with Crippen LogP contribution in [-0.2, 0) is 9.53 Å². The molecule has 1 amide bonds. The van der Waals surface area contributed by atoms with E-state index in [0.29, 0.717) is 12.6 Å². The summed E-state index contributed by atoms with van der Waals surface area (Å²) in [6.45, 7) is 4.05. The molecular formula is C10H18N2O2. The van der Waals surface area contributed by atoms with E-state index in [2.05, 4.69) is 17.6 Å². The third-order valence-corrected chi connectivity index (χ3v) is 3.05. The fourth-order valence-electron chi connectivity index (χ4n) is 2.21. The van der Waals surface area contributed by atoms with E-state index in [4.69, 9.17) is 4.74 Å². The van der Waals surface area contributed by atoms with E-state index in [9.17, 15) is 4.79 Å². The lowest BCUT2D eigenvalue weighted by Crippen LogP contribution is -2.52. The van der Waals surface area contributed by atoms with E-state index in [0.717, 1.165) is 13.0 Å². The molecule has 2 heterocycles. The van der Waals surface area contributed by atoms with Crippen molar-refractivity contribution in [1.29, 1.82) is 0 Å². The second-order valence-corrected chi connectivity index (χ2v) is 4.51. The van der Waals surface area contributed by atoms with Crippen molar-refractivity contribution in [2.45, 2.75) is 37.8 Å². The van der Waals surface area contributed by atoms with Gasteiger partial charge in [0, 0.05) is 12.6 Å². The second-order valence-electron chi connectivity index (χ2n) is 4.51. The predicted molar refractivity (Wildman–Crippen MR) is 53.0 cm³/mol. The Labute approximate surface area is 84.4 Å². The molecule has 4 heteroatoms. The summed E-state index contributed by atoms with van der Waals surface area (Å²) >= 11 is 0. The third-order valence-electron chi connectivity index (χ3n) is 3.05. The summed E-state index contributed by atoms with van der Waals surface area (Å²) in [7, 11) is 0. The van der Waals surface area contributed by atoms with Gasteiger partial charge < -0.3 is 15.4 Å². The second kappa shape index (κ2) is 3.87. The Morgan fingerprint density at radius 3 is 3.07 bits per heavy atom. The van der Waals surface area contributed by atoms with Gasteiger partial charge in [0.05, 0.1) is 5.60 Å². The first-order valence-corrected chi connectivity index (χ1v) is 5.32. The molecule has 14 heavy (non-hydrogen) atoms. The van der Waals surface area contributed by atoms with Crippen molar-refractivity contribution < 1.29 is 9.53 Å². The molecule has 0 aromatic heterocycles. The maximum atomic E-state index is 10.9. The number of amides is 1. The number of rotatable bonds is 2. The van der Waals surface area contributed by atoms with E-state index in [-0.39, 0.29) is 18.1 Å². The van der Waals surface area contributed by atoms with Crippen LogP contribution in [0.15, 0.2) is 0 Å². The summed E-state index contributed by atoms with van der Waals surface area (Å²) in [6.07, 6.45) is 3.48. The van der Waals surface area contributed by atoms with Gasteiger partial charge in [0.15, 0.2) is 0 Å². The Kier molecular flexibility index (Phi) is 2.74. The number of hydrogen-bond acceptors (Lipinski definition) is 3. The fraction of sp³-hybridized carbons (Fsp3) is 0.900. The Morgan fingerprint density at radius 1 is 1.64 bits per heavy atom. The zero-order chi connectivity index (χ0) is 10.0. The average Bonchev–Trinajstić information content (AvgIpc) is 2.63. The minimum Gasteiger partial charge on any atom is -0.364 e. The summed E-state index contributed by atoms with van der Waals surface area (Å²) in [5, 5.41) is 6.30. The maximum Gasteiger partial charge on any atom is 0.246 e. The molecule has 0 saturated carbocycles. The molecule has 0 radical (unpaired) electrons. The molecule has 2 fully saturated rings. The molecule has 2 atom stereocenters. The number of hydrogen-bond donors (Lipinski definition) is 2. The van der Waals surface area contributed by atoms with Crippen LogP contribution < -0.4 is 10.6 Å². The molecule has 2 N–H and O–H groups in total. The van der Waals surface area contributed by atoms with Crippen molar-refractivity contribution in [3.8, 4) is 0 Å². The molecule has 2 aliphatic heterocycles. The molecule has 2 unspecified atom stereocenters. The number of nitrogens with one attached hydrogen (secondary N) is 2. The molecule has 80 valence electrons. The molecule has 0 aliphatic carbocycles. The van der Waals surface area contributed by atoms with Crippen LogP contribution in [0.5, 0.6) is 0 Å².